The second kappa shape index (κ2) is 6.21. The highest BCUT2D eigenvalue weighted by Gasteiger charge is 2.30. The summed E-state index contributed by atoms with van der Waals surface area (Å²) >= 11 is 1.65. The Bertz CT molecular complexity index is 1020. The molecule has 0 fully saturated rings. The Morgan fingerprint density at radius 3 is 2.96 bits per heavy atom. The molecule has 0 radical (unpaired) electrons. The van der Waals surface area contributed by atoms with E-state index >= 15 is 0 Å². The minimum Gasteiger partial charge on any atom is -0.476 e. The van der Waals surface area contributed by atoms with Gasteiger partial charge in [0.15, 0.2) is 5.69 Å². The summed E-state index contributed by atoms with van der Waals surface area (Å²) in [5, 5.41) is 17.2. The molecule has 0 saturated carbocycles. The van der Waals surface area contributed by atoms with Crippen LogP contribution in [0.4, 0.5) is 0 Å². The molecular formula is C18H18N4O3S. The lowest BCUT2D eigenvalue weighted by molar-refractivity contribution is 0.0688. The first-order valence-corrected chi connectivity index (χ1v) is 9.22. The lowest BCUT2D eigenvalue weighted by Crippen LogP contribution is -2.32. The quantitative estimate of drug-likeness (QED) is 0.738. The van der Waals surface area contributed by atoms with E-state index in [9.17, 15) is 14.7 Å². The Hall–Kier alpha value is -2.74. The number of carbonyl (C=O) groups excluding carboxylic acids is 1. The summed E-state index contributed by atoms with van der Waals surface area (Å²) in [6.07, 6.45) is 2.87. The third-order valence-electron chi connectivity index (χ3n) is 4.83. The molecule has 0 bridgehead atoms. The number of hydrogen-bond donors (Lipinski definition) is 2. The molecule has 0 saturated heterocycles. The van der Waals surface area contributed by atoms with Crippen molar-refractivity contribution in [3.8, 4) is 0 Å². The normalized spacial score (nSPS) is 16.5. The topological polar surface area (TPSA) is 99.2 Å². The Labute approximate surface area is 153 Å². The summed E-state index contributed by atoms with van der Waals surface area (Å²) in [7, 11) is 1.80. The average molecular weight is 370 g/mol. The van der Waals surface area contributed by atoms with E-state index in [1.54, 1.807) is 41.5 Å². The SMILES string of the molecule is Cc1nc2c(s1)C(N(C)C(=O)c1ccc3[nH]nc(C(=O)O)c3c1)CCC2. The zero-order valence-electron chi connectivity index (χ0n) is 14.4. The number of benzene rings is 1. The zero-order chi connectivity index (χ0) is 18.4. The summed E-state index contributed by atoms with van der Waals surface area (Å²) < 4.78 is 0. The number of aryl methyl sites for hydroxylation is 2. The number of carboxylic acid groups (broad SMARTS) is 1. The van der Waals surface area contributed by atoms with E-state index in [2.05, 4.69) is 15.2 Å². The van der Waals surface area contributed by atoms with Gasteiger partial charge in [-0.05, 0) is 44.4 Å². The lowest BCUT2D eigenvalue weighted by atomic mass is 9.96. The van der Waals surface area contributed by atoms with Crippen molar-refractivity contribution < 1.29 is 14.7 Å². The van der Waals surface area contributed by atoms with E-state index in [0.29, 0.717) is 16.5 Å². The number of thiazole rings is 1. The Morgan fingerprint density at radius 2 is 2.19 bits per heavy atom. The van der Waals surface area contributed by atoms with E-state index in [-0.39, 0.29) is 17.6 Å². The molecule has 26 heavy (non-hydrogen) atoms. The third-order valence-corrected chi connectivity index (χ3v) is 5.94. The minimum atomic E-state index is -1.12. The van der Waals surface area contributed by atoms with Crippen LogP contribution in [0.25, 0.3) is 10.9 Å². The molecule has 2 N–H and O–H groups in total. The van der Waals surface area contributed by atoms with Crippen molar-refractivity contribution in [2.75, 3.05) is 7.05 Å². The molecule has 1 aromatic carbocycles. The van der Waals surface area contributed by atoms with Crippen molar-refractivity contribution in [2.24, 2.45) is 0 Å². The first-order valence-electron chi connectivity index (χ1n) is 8.40. The highest BCUT2D eigenvalue weighted by molar-refractivity contribution is 7.11. The molecule has 0 aliphatic heterocycles. The first-order chi connectivity index (χ1) is 12.5. The standard InChI is InChI=1S/C18H18N4O3S/c1-9-19-13-4-3-5-14(16(13)26-9)22(2)17(23)10-6-7-12-11(8-10)15(18(24)25)21-20-12/h6-8,14H,3-5H2,1-2H3,(H,20,21)(H,24,25). The summed E-state index contributed by atoms with van der Waals surface area (Å²) in [6, 6.07) is 5.01. The van der Waals surface area contributed by atoms with Crippen LogP contribution < -0.4 is 0 Å². The maximum Gasteiger partial charge on any atom is 0.357 e. The smallest absolute Gasteiger partial charge is 0.357 e. The fourth-order valence-corrected chi connectivity index (χ4v) is 4.70. The monoisotopic (exact) mass is 370 g/mol. The fraction of sp³-hybridized carbons (Fsp3) is 0.333. The summed E-state index contributed by atoms with van der Waals surface area (Å²) in [4.78, 5) is 31.8. The van der Waals surface area contributed by atoms with Gasteiger partial charge in [0, 0.05) is 18.0 Å². The molecule has 0 spiro atoms. The number of nitrogens with one attached hydrogen (secondary N) is 1. The summed E-state index contributed by atoms with van der Waals surface area (Å²) in [5.74, 6) is -1.25. The van der Waals surface area contributed by atoms with Crippen molar-refractivity contribution in [1.82, 2.24) is 20.1 Å². The fourth-order valence-electron chi connectivity index (χ4n) is 3.54. The van der Waals surface area contributed by atoms with E-state index in [1.807, 2.05) is 6.92 Å². The zero-order valence-corrected chi connectivity index (χ0v) is 15.3. The molecule has 1 unspecified atom stereocenters. The number of amides is 1. The van der Waals surface area contributed by atoms with Gasteiger partial charge in [0.25, 0.3) is 5.91 Å². The van der Waals surface area contributed by atoms with Gasteiger partial charge in [0.2, 0.25) is 0 Å². The Kier molecular flexibility index (Phi) is 3.99. The molecule has 134 valence electrons. The summed E-state index contributed by atoms with van der Waals surface area (Å²) in [5.41, 5.74) is 2.08. The van der Waals surface area contributed by atoms with Crippen molar-refractivity contribution in [3.63, 3.8) is 0 Å². The van der Waals surface area contributed by atoms with Crippen molar-refractivity contribution in [3.05, 3.63) is 45.0 Å². The van der Waals surface area contributed by atoms with Crippen LogP contribution in [-0.2, 0) is 6.42 Å². The number of aromatic carboxylic acids is 1. The largest absolute Gasteiger partial charge is 0.476 e. The maximum absolute atomic E-state index is 13.0. The molecule has 1 aliphatic carbocycles. The van der Waals surface area contributed by atoms with Gasteiger partial charge in [0.1, 0.15) is 0 Å². The first kappa shape index (κ1) is 16.7. The maximum atomic E-state index is 13.0. The molecule has 4 rings (SSSR count). The molecule has 2 heterocycles. The number of aromatic nitrogens is 3. The molecule has 7 nitrogen and oxygen atoms in total. The van der Waals surface area contributed by atoms with Crippen LogP contribution in [-0.4, -0.2) is 44.1 Å². The Morgan fingerprint density at radius 1 is 1.38 bits per heavy atom. The van der Waals surface area contributed by atoms with Crippen LogP contribution in [0.2, 0.25) is 0 Å². The predicted molar refractivity (Wildman–Crippen MR) is 97.7 cm³/mol. The van der Waals surface area contributed by atoms with Gasteiger partial charge >= 0.3 is 5.97 Å². The van der Waals surface area contributed by atoms with E-state index in [1.165, 1.54) is 4.88 Å². The number of fused-ring (bicyclic) bond motifs is 2. The number of carboxylic acids is 1. The highest BCUT2D eigenvalue weighted by Crippen LogP contribution is 2.38. The number of rotatable bonds is 3. The second-order valence-electron chi connectivity index (χ2n) is 6.51. The number of carbonyl (C=O) groups is 2. The lowest BCUT2D eigenvalue weighted by Gasteiger charge is -2.30. The summed E-state index contributed by atoms with van der Waals surface area (Å²) in [6.45, 7) is 1.99. The molecule has 1 atom stereocenters. The van der Waals surface area contributed by atoms with Crippen molar-refractivity contribution in [1.29, 1.82) is 0 Å². The van der Waals surface area contributed by atoms with Crippen LogP contribution in [0.3, 0.4) is 0 Å². The number of aromatic amines is 1. The van der Waals surface area contributed by atoms with Gasteiger partial charge in [-0.2, -0.15) is 5.10 Å². The highest BCUT2D eigenvalue weighted by atomic mass is 32.1. The second-order valence-corrected chi connectivity index (χ2v) is 7.74. The van der Waals surface area contributed by atoms with Gasteiger partial charge in [-0.15, -0.1) is 11.3 Å². The van der Waals surface area contributed by atoms with Crippen LogP contribution in [0.15, 0.2) is 18.2 Å². The molecule has 1 amide bonds. The van der Waals surface area contributed by atoms with Crippen LogP contribution in [0.5, 0.6) is 0 Å². The molecule has 2 aromatic heterocycles. The van der Waals surface area contributed by atoms with E-state index in [0.717, 1.165) is 30.0 Å². The number of nitrogens with zero attached hydrogens (tertiary/aromatic N) is 3. The number of hydrogen-bond acceptors (Lipinski definition) is 5. The van der Waals surface area contributed by atoms with Gasteiger partial charge in [-0.25, -0.2) is 9.78 Å². The average Bonchev–Trinajstić information content (AvgIpc) is 3.21. The van der Waals surface area contributed by atoms with Gasteiger partial charge in [-0.3, -0.25) is 9.89 Å². The molecule has 8 heteroatoms. The van der Waals surface area contributed by atoms with Crippen molar-refractivity contribution >= 4 is 34.1 Å². The molecular weight excluding hydrogens is 352 g/mol. The van der Waals surface area contributed by atoms with E-state index in [4.69, 9.17) is 0 Å². The third kappa shape index (κ3) is 2.66. The van der Waals surface area contributed by atoms with Gasteiger partial charge in [-0.1, -0.05) is 0 Å². The predicted octanol–water partition coefficient (Wildman–Crippen LogP) is 3.18. The van der Waals surface area contributed by atoms with E-state index < -0.39 is 5.97 Å². The van der Waals surface area contributed by atoms with Gasteiger partial charge in [0.05, 0.1) is 27.1 Å². The Balaban J connectivity index is 1.68. The van der Waals surface area contributed by atoms with Gasteiger partial charge < -0.3 is 10.0 Å². The molecule has 1 aliphatic rings. The number of H-pyrrole nitrogens is 1. The van der Waals surface area contributed by atoms with Crippen LogP contribution >= 0.6 is 11.3 Å². The molecule has 3 aromatic rings. The van der Waals surface area contributed by atoms with Crippen molar-refractivity contribution in [2.45, 2.75) is 32.2 Å². The minimum absolute atomic E-state index is 0.0106. The van der Waals surface area contributed by atoms with Crippen LogP contribution in [0, 0.1) is 6.92 Å². The van der Waals surface area contributed by atoms with Crippen LogP contribution in [0.1, 0.15) is 55.3 Å².